The number of rotatable bonds is 2. The summed E-state index contributed by atoms with van der Waals surface area (Å²) in [4.78, 5) is 22.0. The predicted octanol–water partition coefficient (Wildman–Crippen LogP) is 1.10. The number of hydrogen-bond donors (Lipinski definition) is 0. The smallest absolute Gasteiger partial charge is 0.380 e. The molecule has 1 aromatic rings. The van der Waals surface area contributed by atoms with Gasteiger partial charge in [0.25, 0.3) is 5.78 Å². The highest BCUT2D eigenvalue weighted by atomic mass is 32.1. The molecular formula is C7H6O3S. The van der Waals surface area contributed by atoms with Gasteiger partial charge in [0.05, 0.1) is 12.0 Å². The van der Waals surface area contributed by atoms with Gasteiger partial charge in [0, 0.05) is 0 Å². The molecule has 0 aliphatic rings. The summed E-state index contributed by atoms with van der Waals surface area (Å²) in [6.07, 6.45) is 0. The lowest BCUT2D eigenvalue weighted by Gasteiger charge is -1.92. The van der Waals surface area contributed by atoms with Gasteiger partial charge < -0.3 is 4.74 Å². The molecule has 0 N–H and O–H groups in total. The maximum Gasteiger partial charge on any atom is 0.380 e. The summed E-state index contributed by atoms with van der Waals surface area (Å²) in [5, 5.41) is 1.73. The molecule has 0 radical (unpaired) electrons. The molecule has 0 fully saturated rings. The Hall–Kier alpha value is -1.16. The Morgan fingerprint density at radius 3 is 2.73 bits per heavy atom. The van der Waals surface area contributed by atoms with E-state index >= 15 is 0 Å². The Bertz CT molecular complexity index is 263. The number of methoxy groups -OCH3 is 1. The van der Waals surface area contributed by atoms with Gasteiger partial charge in [-0.05, 0) is 11.4 Å². The Morgan fingerprint density at radius 2 is 2.27 bits per heavy atom. The summed E-state index contributed by atoms with van der Waals surface area (Å²) in [7, 11) is 1.19. The molecule has 0 aromatic carbocycles. The average molecular weight is 170 g/mol. The van der Waals surface area contributed by atoms with E-state index in [1.54, 1.807) is 17.5 Å². The van der Waals surface area contributed by atoms with Crippen molar-refractivity contribution in [3.63, 3.8) is 0 Å². The van der Waals surface area contributed by atoms with Crippen molar-refractivity contribution >= 4 is 23.1 Å². The van der Waals surface area contributed by atoms with Gasteiger partial charge >= 0.3 is 5.97 Å². The van der Waals surface area contributed by atoms with E-state index in [9.17, 15) is 9.59 Å². The molecule has 0 saturated carbocycles. The molecule has 0 aliphatic heterocycles. The zero-order valence-electron chi connectivity index (χ0n) is 5.87. The van der Waals surface area contributed by atoms with Crippen LogP contribution in [0.2, 0.25) is 0 Å². The molecular weight excluding hydrogens is 164 g/mol. The molecule has 11 heavy (non-hydrogen) atoms. The van der Waals surface area contributed by atoms with E-state index in [0.29, 0.717) is 4.88 Å². The highest BCUT2D eigenvalue weighted by Gasteiger charge is 2.16. The zero-order valence-corrected chi connectivity index (χ0v) is 6.68. The van der Waals surface area contributed by atoms with Crippen LogP contribution in [0.25, 0.3) is 0 Å². The Kier molecular flexibility index (Phi) is 2.38. The molecule has 58 valence electrons. The Morgan fingerprint density at radius 1 is 1.55 bits per heavy atom. The van der Waals surface area contributed by atoms with E-state index < -0.39 is 11.8 Å². The fraction of sp³-hybridized carbons (Fsp3) is 0.143. The summed E-state index contributed by atoms with van der Waals surface area (Å²) in [5.41, 5.74) is 0. The first-order chi connectivity index (χ1) is 5.25. The number of Topliss-reactive ketones (excluding diaryl/α,β-unsaturated/α-hetero) is 1. The van der Waals surface area contributed by atoms with Crippen molar-refractivity contribution in [3.05, 3.63) is 22.4 Å². The van der Waals surface area contributed by atoms with Crippen molar-refractivity contribution < 1.29 is 14.3 Å². The van der Waals surface area contributed by atoms with E-state index in [1.165, 1.54) is 18.4 Å². The Labute approximate surface area is 67.6 Å². The van der Waals surface area contributed by atoms with E-state index in [2.05, 4.69) is 4.74 Å². The molecule has 0 saturated heterocycles. The van der Waals surface area contributed by atoms with Crippen molar-refractivity contribution in [1.29, 1.82) is 0 Å². The fourth-order valence-electron chi connectivity index (χ4n) is 0.601. The standard InChI is InChI=1S/C7H6O3S/c1-10-7(9)6(8)5-3-2-4-11-5/h2-4H,1H3. The Balaban J connectivity index is 2.79. The number of carbonyl (C=O) groups excluding carboxylic acids is 2. The molecule has 0 bridgehead atoms. The lowest BCUT2D eigenvalue weighted by atomic mass is 10.3. The minimum Gasteiger partial charge on any atom is -0.463 e. The molecule has 0 spiro atoms. The SMILES string of the molecule is COC(=O)C(=O)c1cccs1. The molecule has 1 aromatic heterocycles. The molecule has 0 atom stereocenters. The first-order valence-corrected chi connectivity index (χ1v) is 3.80. The van der Waals surface area contributed by atoms with Gasteiger partial charge in [-0.2, -0.15) is 0 Å². The molecule has 3 nitrogen and oxygen atoms in total. The normalized spacial score (nSPS) is 9.18. The molecule has 0 amide bonds. The third-order valence-corrected chi connectivity index (χ3v) is 1.98. The summed E-state index contributed by atoms with van der Waals surface area (Å²) >= 11 is 1.22. The summed E-state index contributed by atoms with van der Waals surface area (Å²) in [6, 6.07) is 3.30. The molecule has 1 heterocycles. The third-order valence-electron chi connectivity index (χ3n) is 1.12. The summed E-state index contributed by atoms with van der Waals surface area (Å²) in [5.74, 6) is -1.39. The van der Waals surface area contributed by atoms with E-state index in [0.717, 1.165) is 0 Å². The van der Waals surface area contributed by atoms with Crippen LogP contribution in [0.4, 0.5) is 0 Å². The van der Waals surface area contributed by atoms with Gasteiger partial charge in [-0.1, -0.05) is 6.07 Å². The summed E-state index contributed by atoms with van der Waals surface area (Å²) in [6.45, 7) is 0. The number of carbonyl (C=O) groups is 2. The molecule has 4 heteroatoms. The van der Waals surface area contributed by atoms with Crippen LogP contribution < -0.4 is 0 Å². The fourth-order valence-corrected chi connectivity index (χ4v) is 1.25. The number of ether oxygens (including phenoxy) is 1. The van der Waals surface area contributed by atoms with Gasteiger partial charge in [0.2, 0.25) is 0 Å². The first kappa shape index (κ1) is 7.94. The second-order valence-corrected chi connectivity index (χ2v) is 2.75. The monoisotopic (exact) mass is 170 g/mol. The lowest BCUT2D eigenvalue weighted by molar-refractivity contribution is -0.135. The quantitative estimate of drug-likeness (QED) is 0.379. The van der Waals surface area contributed by atoms with Gasteiger partial charge in [0.15, 0.2) is 0 Å². The lowest BCUT2D eigenvalue weighted by Crippen LogP contribution is -2.13. The van der Waals surface area contributed by atoms with Crippen molar-refractivity contribution in [2.24, 2.45) is 0 Å². The van der Waals surface area contributed by atoms with Crippen LogP contribution in [-0.2, 0) is 9.53 Å². The third kappa shape index (κ3) is 1.65. The van der Waals surface area contributed by atoms with E-state index in [1.807, 2.05) is 0 Å². The van der Waals surface area contributed by atoms with Gasteiger partial charge in [-0.15, -0.1) is 11.3 Å². The van der Waals surface area contributed by atoms with Crippen molar-refractivity contribution in [2.75, 3.05) is 7.11 Å². The van der Waals surface area contributed by atoms with Gasteiger partial charge in [0.1, 0.15) is 0 Å². The largest absolute Gasteiger partial charge is 0.463 e. The maximum absolute atomic E-state index is 11.0. The van der Waals surface area contributed by atoms with Gasteiger partial charge in [-0.3, -0.25) is 4.79 Å². The highest BCUT2D eigenvalue weighted by Crippen LogP contribution is 2.09. The van der Waals surface area contributed by atoms with Crippen molar-refractivity contribution in [2.45, 2.75) is 0 Å². The van der Waals surface area contributed by atoms with Crippen LogP contribution in [0.15, 0.2) is 17.5 Å². The van der Waals surface area contributed by atoms with Crippen LogP contribution in [0.3, 0.4) is 0 Å². The number of ketones is 1. The van der Waals surface area contributed by atoms with Crippen LogP contribution in [0, 0.1) is 0 Å². The van der Waals surface area contributed by atoms with Crippen molar-refractivity contribution in [1.82, 2.24) is 0 Å². The van der Waals surface area contributed by atoms with Crippen LogP contribution >= 0.6 is 11.3 Å². The second kappa shape index (κ2) is 3.30. The second-order valence-electron chi connectivity index (χ2n) is 1.80. The zero-order chi connectivity index (χ0) is 8.27. The van der Waals surface area contributed by atoms with E-state index in [-0.39, 0.29) is 0 Å². The summed E-state index contributed by atoms with van der Waals surface area (Å²) < 4.78 is 4.25. The van der Waals surface area contributed by atoms with Crippen LogP contribution in [0.5, 0.6) is 0 Å². The number of hydrogen-bond acceptors (Lipinski definition) is 4. The molecule has 1 rings (SSSR count). The average Bonchev–Trinajstić information content (AvgIpc) is 2.53. The van der Waals surface area contributed by atoms with Crippen molar-refractivity contribution in [3.8, 4) is 0 Å². The topological polar surface area (TPSA) is 43.4 Å². The molecule has 0 unspecified atom stereocenters. The number of esters is 1. The molecule has 0 aliphatic carbocycles. The van der Waals surface area contributed by atoms with Gasteiger partial charge in [-0.25, -0.2) is 4.79 Å². The van der Waals surface area contributed by atoms with E-state index in [4.69, 9.17) is 0 Å². The maximum atomic E-state index is 11.0. The minimum atomic E-state index is -0.813. The first-order valence-electron chi connectivity index (χ1n) is 2.92. The predicted molar refractivity (Wildman–Crippen MR) is 40.7 cm³/mol. The van der Waals surface area contributed by atoms with Crippen LogP contribution in [-0.4, -0.2) is 18.9 Å². The van der Waals surface area contributed by atoms with Crippen LogP contribution in [0.1, 0.15) is 9.67 Å². The number of thiophene rings is 1. The minimum absolute atomic E-state index is 0.414. The highest BCUT2D eigenvalue weighted by molar-refractivity contribution is 7.12.